The quantitative estimate of drug-likeness (QED) is 0.645. The van der Waals surface area contributed by atoms with Gasteiger partial charge in [0.1, 0.15) is 5.82 Å². The molecule has 0 spiro atoms. The number of methoxy groups -OCH3 is 1. The average Bonchev–Trinajstić information content (AvgIpc) is 2.24. The molecule has 0 heterocycles. The molecule has 1 rings (SSSR count). The van der Waals surface area contributed by atoms with Crippen molar-refractivity contribution in [2.75, 3.05) is 25.6 Å². The van der Waals surface area contributed by atoms with E-state index in [0.29, 0.717) is 23.3 Å². The maximum Gasteiger partial charge on any atom is 0.170 e. The van der Waals surface area contributed by atoms with Crippen molar-refractivity contribution < 1.29 is 9.13 Å². The fraction of sp³-hybridized carbons (Fsp3) is 0.300. The maximum atomic E-state index is 13.3. The highest BCUT2D eigenvalue weighted by Gasteiger charge is 2.04. The molecule has 0 radical (unpaired) electrons. The Kier molecular flexibility index (Phi) is 5.45. The second kappa shape index (κ2) is 6.62. The molecule has 3 nitrogen and oxygen atoms in total. The molecule has 2 N–H and O–H groups in total. The highest BCUT2D eigenvalue weighted by molar-refractivity contribution is 7.80. The summed E-state index contributed by atoms with van der Waals surface area (Å²) in [4.78, 5) is 0. The lowest BCUT2D eigenvalue weighted by Crippen LogP contribution is -2.31. The topological polar surface area (TPSA) is 33.3 Å². The molecule has 6 heteroatoms. The number of halogens is 2. The van der Waals surface area contributed by atoms with Gasteiger partial charge in [0.05, 0.1) is 12.3 Å². The summed E-state index contributed by atoms with van der Waals surface area (Å²) in [5, 5.41) is 6.36. The van der Waals surface area contributed by atoms with Crippen LogP contribution >= 0.6 is 23.8 Å². The smallest absolute Gasteiger partial charge is 0.170 e. The first-order valence-corrected chi connectivity index (χ1v) is 5.41. The summed E-state index contributed by atoms with van der Waals surface area (Å²) in [7, 11) is 1.59. The van der Waals surface area contributed by atoms with Gasteiger partial charge in [0.2, 0.25) is 0 Å². The first-order valence-electron chi connectivity index (χ1n) is 4.62. The van der Waals surface area contributed by atoms with Gasteiger partial charge in [-0.15, -0.1) is 0 Å². The van der Waals surface area contributed by atoms with Crippen molar-refractivity contribution in [2.24, 2.45) is 0 Å². The van der Waals surface area contributed by atoms with Gasteiger partial charge in [0.25, 0.3) is 0 Å². The van der Waals surface area contributed by atoms with Gasteiger partial charge in [0, 0.05) is 18.7 Å². The third-order valence-electron chi connectivity index (χ3n) is 1.77. The Bertz CT molecular complexity index is 376. The van der Waals surface area contributed by atoms with Crippen LogP contribution in [0.2, 0.25) is 5.02 Å². The van der Waals surface area contributed by atoms with E-state index in [0.717, 1.165) is 0 Å². The van der Waals surface area contributed by atoms with Crippen LogP contribution in [0.4, 0.5) is 10.1 Å². The number of hydrogen-bond donors (Lipinski definition) is 2. The Labute approximate surface area is 104 Å². The molecule has 0 aliphatic rings. The number of anilines is 1. The fourth-order valence-electron chi connectivity index (χ4n) is 1.03. The van der Waals surface area contributed by atoms with Crippen LogP contribution < -0.4 is 10.6 Å². The van der Waals surface area contributed by atoms with Gasteiger partial charge in [0.15, 0.2) is 5.11 Å². The molecule has 0 aromatic heterocycles. The first kappa shape index (κ1) is 13.2. The van der Waals surface area contributed by atoms with Crippen molar-refractivity contribution in [3.63, 3.8) is 0 Å². The number of hydrogen-bond acceptors (Lipinski definition) is 2. The van der Waals surface area contributed by atoms with E-state index in [-0.39, 0.29) is 5.69 Å². The molecule has 0 atom stereocenters. The molecule has 16 heavy (non-hydrogen) atoms. The zero-order valence-corrected chi connectivity index (χ0v) is 10.3. The monoisotopic (exact) mass is 262 g/mol. The highest BCUT2D eigenvalue weighted by atomic mass is 35.5. The number of thiocarbonyl (C=S) groups is 1. The molecule has 0 amide bonds. The van der Waals surface area contributed by atoms with Crippen molar-refractivity contribution in [2.45, 2.75) is 0 Å². The molecular weight excluding hydrogens is 251 g/mol. The Morgan fingerprint density at radius 3 is 3.00 bits per heavy atom. The second-order valence-corrected chi connectivity index (χ2v) is 3.84. The lowest BCUT2D eigenvalue weighted by atomic mass is 10.3. The summed E-state index contributed by atoms with van der Waals surface area (Å²) >= 11 is 10.7. The molecule has 0 fully saturated rings. The van der Waals surface area contributed by atoms with Crippen LogP contribution in [0.5, 0.6) is 0 Å². The predicted molar refractivity (Wildman–Crippen MR) is 67.5 cm³/mol. The molecular formula is C10H12ClFN2OS. The summed E-state index contributed by atoms with van der Waals surface area (Å²) in [6.45, 7) is 1.09. The number of ether oxygens (including phenoxy) is 1. The molecule has 0 aliphatic carbocycles. The number of nitrogens with one attached hydrogen (secondary N) is 2. The van der Waals surface area contributed by atoms with Gasteiger partial charge in [-0.25, -0.2) is 4.39 Å². The van der Waals surface area contributed by atoms with Crippen molar-refractivity contribution in [1.29, 1.82) is 0 Å². The fourth-order valence-corrected chi connectivity index (χ4v) is 1.41. The molecule has 0 unspecified atom stereocenters. The van der Waals surface area contributed by atoms with Crippen LogP contribution in [0.15, 0.2) is 18.2 Å². The lowest BCUT2D eigenvalue weighted by Gasteiger charge is -2.10. The molecule has 0 saturated carbocycles. The largest absolute Gasteiger partial charge is 0.383 e. The van der Waals surface area contributed by atoms with Crippen molar-refractivity contribution in [3.05, 3.63) is 29.0 Å². The zero-order valence-electron chi connectivity index (χ0n) is 8.72. The van der Waals surface area contributed by atoms with Crippen LogP contribution in [0, 0.1) is 5.82 Å². The Morgan fingerprint density at radius 2 is 2.31 bits per heavy atom. The summed E-state index contributed by atoms with van der Waals surface area (Å²) in [5.41, 5.74) is 0.252. The van der Waals surface area contributed by atoms with E-state index in [4.69, 9.17) is 28.6 Å². The Hall–Kier alpha value is -0.910. The molecule has 0 saturated heterocycles. The van der Waals surface area contributed by atoms with Crippen LogP contribution in [-0.4, -0.2) is 25.4 Å². The summed E-state index contributed by atoms with van der Waals surface area (Å²) in [6.07, 6.45) is 0. The highest BCUT2D eigenvalue weighted by Crippen LogP contribution is 2.19. The molecule has 1 aromatic carbocycles. The van der Waals surface area contributed by atoms with E-state index >= 15 is 0 Å². The maximum absolute atomic E-state index is 13.3. The molecule has 0 aliphatic heterocycles. The van der Waals surface area contributed by atoms with E-state index in [9.17, 15) is 4.39 Å². The number of benzene rings is 1. The third kappa shape index (κ3) is 4.30. The van der Waals surface area contributed by atoms with Crippen molar-refractivity contribution in [1.82, 2.24) is 5.32 Å². The van der Waals surface area contributed by atoms with Crippen molar-refractivity contribution in [3.8, 4) is 0 Å². The Morgan fingerprint density at radius 1 is 1.56 bits per heavy atom. The van der Waals surface area contributed by atoms with Crippen molar-refractivity contribution >= 4 is 34.6 Å². The van der Waals surface area contributed by atoms with Crippen LogP contribution in [0.3, 0.4) is 0 Å². The number of rotatable bonds is 4. The average molecular weight is 263 g/mol. The van der Waals surface area contributed by atoms with Gasteiger partial charge in [-0.1, -0.05) is 11.6 Å². The Balaban J connectivity index is 2.52. The van der Waals surface area contributed by atoms with Gasteiger partial charge < -0.3 is 15.4 Å². The van der Waals surface area contributed by atoms with Gasteiger partial charge in [-0.05, 0) is 30.4 Å². The van der Waals surface area contributed by atoms with E-state index in [2.05, 4.69) is 10.6 Å². The lowest BCUT2D eigenvalue weighted by molar-refractivity contribution is 0.204. The summed E-state index contributed by atoms with van der Waals surface area (Å²) in [5.74, 6) is -0.403. The van der Waals surface area contributed by atoms with Gasteiger partial charge in [-0.3, -0.25) is 0 Å². The van der Waals surface area contributed by atoms with E-state index in [1.165, 1.54) is 18.2 Å². The summed E-state index contributed by atoms with van der Waals surface area (Å²) < 4.78 is 18.1. The minimum atomic E-state index is -0.403. The van der Waals surface area contributed by atoms with Crippen LogP contribution in [0.1, 0.15) is 0 Å². The predicted octanol–water partition coefficient (Wildman–Crippen LogP) is 2.41. The SMILES string of the molecule is COCCNC(=S)Nc1cc(Cl)ccc1F. The molecule has 1 aromatic rings. The first-order chi connectivity index (χ1) is 7.63. The van der Waals surface area contributed by atoms with Crippen LogP contribution in [-0.2, 0) is 4.74 Å². The van der Waals surface area contributed by atoms with Gasteiger partial charge in [-0.2, -0.15) is 0 Å². The van der Waals surface area contributed by atoms with Gasteiger partial charge >= 0.3 is 0 Å². The molecule has 0 bridgehead atoms. The molecule has 88 valence electrons. The minimum Gasteiger partial charge on any atom is -0.383 e. The third-order valence-corrected chi connectivity index (χ3v) is 2.25. The second-order valence-electron chi connectivity index (χ2n) is 3.00. The van der Waals surface area contributed by atoms with E-state index in [1.807, 2.05) is 0 Å². The van der Waals surface area contributed by atoms with E-state index in [1.54, 1.807) is 7.11 Å². The standard InChI is InChI=1S/C10H12ClFN2OS/c1-15-5-4-13-10(16)14-9-6-7(11)2-3-8(9)12/h2-3,6H,4-5H2,1H3,(H2,13,14,16). The van der Waals surface area contributed by atoms with E-state index < -0.39 is 5.82 Å². The normalized spacial score (nSPS) is 9.94. The zero-order chi connectivity index (χ0) is 12.0. The summed E-state index contributed by atoms with van der Waals surface area (Å²) in [6, 6.07) is 4.23. The minimum absolute atomic E-state index is 0.252. The van der Waals surface area contributed by atoms with Crippen LogP contribution in [0.25, 0.3) is 0 Å².